The molecule has 2 heterocycles. The molecule has 0 aliphatic carbocycles. The van der Waals surface area contributed by atoms with E-state index in [4.69, 9.17) is 9.47 Å². The molecule has 2 N–H and O–H groups in total. The Bertz CT molecular complexity index is 952. The Labute approximate surface area is 180 Å². The lowest BCUT2D eigenvalue weighted by Crippen LogP contribution is -2.53. The van der Waals surface area contributed by atoms with Crippen LogP contribution in [0.5, 0.6) is 11.5 Å². The van der Waals surface area contributed by atoms with Crippen molar-refractivity contribution in [2.24, 2.45) is 0 Å². The van der Waals surface area contributed by atoms with Crippen LogP contribution in [0.1, 0.15) is 36.0 Å². The number of carbonyl (C=O) groups is 2. The van der Waals surface area contributed by atoms with Crippen molar-refractivity contribution in [2.45, 2.75) is 43.8 Å². The lowest BCUT2D eigenvalue weighted by atomic mass is 9.97. The van der Waals surface area contributed by atoms with Gasteiger partial charge in [-0.3, -0.25) is 4.79 Å². The van der Waals surface area contributed by atoms with Crippen molar-refractivity contribution in [3.05, 3.63) is 53.8 Å². The summed E-state index contributed by atoms with van der Waals surface area (Å²) in [6.45, 7) is 0. The lowest BCUT2D eigenvalue weighted by Gasteiger charge is -2.39. The Hall–Kier alpha value is -3.29. The summed E-state index contributed by atoms with van der Waals surface area (Å²) < 4.78 is 23.7. The fourth-order valence-electron chi connectivity index (χ4n) is 4.58. The number of benzene rings is 2. The Morgan fingerprint density at radius 3 is 2.29 bits per heavy atom. The number of rotatable bonds is 5. The fraction of sp³-hybridized carbons (Fsp3) is 0.391. The first-order valence-corrected chi connectivity index (χ1v) is 10.4. The minimum absolute atomic E-state index is 0.0189. The molecule has 2 atom stereocenters. The van der Waals surface area contributed by atoms with E-state index in [1.165, 1.54) is 24.3 Å². The molecule has 2 saturated heterocycles. The second-order valence-electron chi connectivity index (χ2n) is 7.94. The summed E-state index contributed by atoms with van der Waals surface area (Å²) in [6, 6.07) is 10.7. The predicted octanol–water partition coefficient (Wildman–Crippen LogP) is 3.80. The molecule has 8 heteroatoms. The van der Waals surface area contributed by atoms with Crippen LogP contribution >= 0.6 is 0 Å². The van der Waals surface area contributed by atoms with Crippen LogP contribution in [0.15, 0.2) is 42.5 Å². The van der Waals surface area contributed by atoms with Crippen LogP contribution in [0, 0.1) is 5.82 Å². The molecule has 7 nitrogen and oxygen atoms in total. The SMILES string of the molecule is COc1ccc(NC(=O)N2C3CCC2CC(NC(=O)c2ccc(F)cc2)C3)c(OC)c1. The van der Waals surface area contributed by atoms with E-state index in [1.54, 1.807) is 32.4 Å². The number of methoxy groups -OCH3 is 2. The number of ether oxygens (including phenoxy) is 2. The van der Waals surface area contributed by atoms with Gasteiger partial charge < -0.3 is 25.0 Å². The van der Waals surface area contributed by atoms with Crippen molar-refractivity contribution < 1.29 is 23.5 Å². The number of nitrogens with one attached hydrogen (secondary N) is 2. The van der Waals surface area contributed by atoms with Crippen LogP contribution < -0.4 is 20.1 Å². The number of hydrogen-bond donors (Lipinski definition) is 2. The summed E-state index contributed by atoms with van der Waals surface area (Å²) in [5, 5.41) is 6.00. The number of fused-ring (bicyclic) bond motifs is 2. The summed E-state index contributed by atoms with van der Waals surface area (Å²) in [7, 11) is 3.12. The molecule has 2 fully saturated rings. The van der Waals surface area contributed by atoms with Crippen LogP contribution in [0.3, 0.4) is 0 Å². The molecule has 31 heavy (non-hydrogen) atoms. The number of hydrogen-bond acceptors (Lipinski definition) is 4. The third-order valence-electron chi connectivity index (χ3n) is 6.06. The molecule has 0 saturated carbocycles. The molecule has 164 valence electrons. The maximum atomic E-state index is 13.1. The van der Waals surface area contributed by atoms with E-state index in [2.05, 4.69) is 10.6 Å². The van der Waals surface area contributed by atoms with Crippen molar-refractivity contribution in [3.63, 3.8) is 0 Å². The van der Waals surface area contributed by atoms with E-state index < -0.39 is 0 Å². The highest BCUT2D eigenvalue weighted by Crippen LogP contribution is 2.37. The van der Waals surface area contributed by atoms with Gasteiger partial charge in [0.2, 0.25) is 0 Å². The van der Waals surface area contributed by atoms with Crippen molar-refractivity contribution in [2.75, 3.05) is 19.5 Å². The van der Waals surface area contributed by atoms with E-state index in [1.807, 2.05) is 4.90 Å². The summed E-state index contributed by atoms with van der Waals surface area (Å²) in [5.74, 6) is 0.585. The van der Waals surface area contributed by atoms with Crippen LogP contribution in [0.2, 0.25) is 0 Å². The smallest absolute Gasteiger partial charge is 0.322 e. The first kappa shape index (κ1) is 21.0. The summed E-state index contributed by atoms with van der Waals surface area (Å²) in [5.41, 5.74) is 1.01. The topological polar surface area (TPSA) is 79.9 Å². The van der Waals surface area contributed by atoms with Crippen LogP contribution in [-0.2, 0) is 0 Å². The number of anilines is 1. The van der Waals surface area contributed by atoms with Gasteiger partial charge in [0.05, 0.1) is 19.9 Å². The third-order valence-corrected chi connectivity index (χ3v) is 6.06. The van der Waals surface area contributed by atoms with Gasteiger partial charge in [-0.05, 0) is 62.1 Å². The summed E-state index contributed by atoms with van der Waals surface area (Å²) in [6.07, 6.45) is 3.19. The highest BCUT2D eigenvalue weighted by molar-refractivity contribution is 5.94. The second-order valence-corrected chi connectivity index (χ2v) is 7.94. The molecule has 0 radical (unpaired) electrons. The van der Waals surface area contributed by atoms with Gasteiger partial charge in [-0.15, -0.1) is 0 Å². The largest absolute Gasteiger partial charge is 0.497 e. The number of carbonyl (C=O) groups excluding carboxylic acids is 2. The Kier molecular flexibility index (Phi) is 5.97. The average molecular weight is 427 g/mol. The van der Waals surface area contributed by atoms with Gasteiger partial charge in [0.1, 0.15) is 17.3 Å². The normalized spacial score (nSPS) is 22.0. The zero-order valence-electron chi connectivity index (χ0n) is 17.6. The van der Waals surface area contributed by atoms with Gasteiger partial charge in [0, 0.05) is 29.8 Å². The third kappa shape index (κ3) is 4.42. The molecule has 2 aliphatic heterocycles. The van der Waals surface area contributed by atoms with Gasteiger partial charge in [0.25, 0.3) is 5.91 Å². The molecule has 2 bridgehead atoms. The average Bonchev–Trinajstić information content (AvgIpc) is 3.05. The van der Waals surface area contributed by atoms with Gasteiger partial charge in [-0.25, -0.2) is 9.18 Å². The van der Waals surface area contributed by atoms with Crippen LogP contribution in [-0.4, -0.2) is 49.2 Å². The van der Waals surface area contributed by atoms with Gasteiger partial charge in [-0.1, -0.05) is 0 Å². The molecule has 0 aromatic heterocycles. The second kappa shape index (κ2) is 8.83. The zero-order chi connectivity index (χ0) is 22.0. The van der Waals surface area contributed by atoms with Crippen molar-refractivity contribution in [1.82, 2.24) is 10.2 Å². The highest BCUT2D eigenvalue weighted by Gasteiger charge is 2.43. The molecule has 0 spiro atoms. The standard InChI is InChI=1S/C23H26FN3O4/c1-30-19-9-10-20(21(13-19)31-2)26-23(29)27-17-7-8-18(27)12-16(11-17)25-22(28)14-3-5-15(24)6-4-14/h3-6,9-10,13,16-18H,7-8,11-12H2,1-2H3,(H,25,28)(H,26,29). The number of halogens is 1. The van der Waals surface area contributed by atoms with E-state index in [0.717, 1.165) is 12.8 Å². The predicted molar refractivity (Wildman–Crippen MR) is 114 cm³/mol. The monoisotopic (exact) mass is 427 g/mol. The van der Waals surface area contributed by atoms with Crippen LogP contribution in [0.25, 0.3) is 0 Å². The number of piperidine rings is 1. The van der Waals surface area contributed by atoms with Crippen molar-refractivity contribution in [1.29, 1.82) is 0 Å². The minimum atomic E-state index is -0.373. The Balaban J connectivity index is 1.39. The minimum Gasteiger partial charge on any atom is -0.497 e. The van der Waals surface area contributed by atoms with E-state index >= 15 is 0 Å². The zero-order valence-corrected chi connectivity index (χ0v) is 17.6. The van der Waals surface area contributed by atoms with Gasteiger partial charge in [0.15, 0.2) is 0 Å². The van der Waals surface area contributed by atoms with Gasteiger partial charge >= 0.3 is 6.03 Å². The number of nitrogens with zero attached hydrogens (tertiary/aromatic N) is 1. The maximum Gasteiger partial charge on any atom is 0.322 e. The lowest BCUT2D eigenvalue weighted by molar-refractivity contribution is 0.0891. The maximum absolute atomic E-state index is 13.1. The molecule has 2 unspecified atom stereocenters. The first-order valence-electron chi connectivity index (χ1n) is 10.4. The molecule has 2 aromatic carbocycles. The number of urea groups is 1. The molecule has 4 rings (SSSR count). The molecule has 2 aliphatic rings. The molecule has 2 aromatic rings. The van der Waals surface area contributed by atoms with Gasteiger partial charge in [-0.2, -0.15) is 0 Å². The van der Waals surface area contributed by atoms with Crippen molar-refractivity contribution in [3.8, 4) is 11.5 Å². The quantitative estimate of drug-likeness (QED) is 0.761. The highest BCUT2D eigenvalue weighted by atomic mass is 19.1. The van der Waals surface area contributed by atoms with Crippen molar-refractivity contribution >= 4 is 17.6 Å². The van der Waals surface area contributed by atoms with E-state index in [0.29, 0.717) is 35.6 Å². The van der Waals surface area contributed by atoms with E-state index in [-0.39, 0.29) is 35.9 Å². The molecular formula is C23H26FN3O4. The van der Waals surface area contributed by atoms with E-state index in [9.17, 15) is 14.0 Å². The summed E-state index contributed by atoms with van der Waals surface area (Å²) in [4.78, 5) is 27.4. The summed E-state index contributed by atoms with van der Waals surface area (Å²) >= 11 is 0. The number of amides is 3. The molecule has 3 amide bonds. The van der Waals surface area contributed by atoms with Crippen LogP contribution in [0.4, 0.5) is 14.9 Å². The fourth-order valence-corrected chi connectivity index (χ4v) is 4.58. The Morgan fingerprint density at radius 2 is 1.68 bits per heavy atom. The molecular weight excluding hydrogens is 401 g/mol. The Morgan fingerprint density at radius 1 is 1.00 bits per heavy atom. The first-order chi connectivity index (χ1) is 15.0.